The van der Waals surface area contributed by atoms with E-state index in [4.69, 9.17) is 9.47 Å². The first kappa shape index (κ1) is 18.6. The van der Waals surface area contributed by atoms with Crippen molar-refractivity contribution in [2.45, 2.75) is 39.5 Å². The summed E-state index contributed by atoms with van der Waals surface area (Å²) in [6.07, 6.45) is 3.87. The molecule has 0 saturated carbocycles. The molecule has 112 valence electrons. The summed E-state index contributed by atoms with van der Waals surface area (Å²) >= 11 is 2.94. The molecule has 0 radical (unpaired) electrons. The summed E-state index contributed by atoms with van der Waals surface area (Å²) < 4.78 is 10.0. The van der Waals surface area contributed by atoms with Crippen molar-refractivity contribution >= 4 is 35.5 Å². The molecule has 0 heterocycles. The maximum absolute atomic E-state index is 11.2. The molecule has 0 unspecified atom stereocenters. The first-order valence-corrected chi connectivity index (χ1v) is 8.98. The monoisotopic (exact) mass is 308 g/mol. The summed E-state index contributed by atoms with van der Waals surface area (Å²) in [5.74, 6) is 0.345. The van der Waals surface area contributed by atoms with Gasteiger partial charge in [0.05, 0.1) is 24.7 Å². The van der Waals surface area contributed by atoms with Gasteiger partial charge in [0.15, 0.2) is 0 Å². The van der Waals surface area contributed by atoms with Gasteiger partial charge in [-0.3, -0.25) is 9.59 Å². The Labute approximate surface area is 124 Å². The molecule has 19 heavy (non-hydrogen) atoms. The predicted octanol–water partition coefficient (Wildman–Crippen LogP) is 3.10. The molecule has 0 aliphatic carbocycles. The van der Waals surface area contributed by atoms with Gasteiger partial charge in [-0.25, -0.2) is 0 Å². The molecule has 0 spiro atoms. The van der Waals surface area contributed by atoms with Gasteiger partial charge in [-0.2, -0.15) is 0 Å². The van der Waals surface area contributed by atoms with Crippen LogP contribution in [0.2, 0.25) is 0 Å². The summed E-state index contributed by atoms with van der Waals surface area (Å²) in [6, 6.07) is 0. The van der Waals surface area contributed by atoms with E-state index in [2.05, 4.69) is 13.8 Å². The highest BCUT2D eigenvalue weighted by Gasteiger charge is 2.05. The average molecular weight is 308 g/mol. The Hall–Kier alpha value is -0.360. The third-order valence-corrected chi connectivity index (χ3v) is 4.34. The van der Waals surface area contributed by atoms with Crippen molar-refractivity contribution in [2.75, 3.05) is 29.8 Å². The molecule has 4 nitrogen and oxygen atoms in total. The van der Waals surface area contributed by atoms with Crippen molar-refractivity contribution in [2.24, 2.45) is 0 Å². The van der Waals surface area contributed by atoms with Crippen LogP contribution in [0.25, 0.3) is 0 Å². The topological polar surface area (TPSA) is 52.6 Å². The second-order valence-electron chi connectivity index (χ2n) is 3.96. The quantitative estimate of drug-likeness (QED) is 0.314. The van der Waals surface area contributed by atoms with E-state index >= 15 is 0 Å². The molecular weight excluding hydrogens is 284 g/mol. The minimum absolute atomic E-state index is 0.176. The van der Waals surface area contributed by atoms with Gasteiger partial charge in [0.25, 0.3) is 0 Å². The Morgan fingerprint density at radius 3 is 1.63 bits per heavy atom. The van der Waals surface area contributed by atoms with Crippen LogP contribution in [0, 0.1) is 0 Å². The van der Waals surface area contributed by atoms with Gasteiger partial charge in [0.2, 0.25) is 0 Å². The third kappa shape index (κ3) is 13.9. The predicted molar refractivity (Wildman–Crippen MR) is 81.5 cm³/mol. The maximum Gasteiger partial charge on any atom is 0.315 e. The first-order valence-electron chi connectivity index (χ1n) is 6.67. The third-order valence-electron chi connectivity index (χ3n) is 2.13. The smallest absolute Gasteiger partial charge is 0.315 e. The normalized spacial score (nSPS) is 10.2. The van der Waals surface area contributed by atoms with Gasteiger partial charge in [0.1, 0.15) is 0 Å². The fraction of sp³-hybridized carbons (Fsp3) is 0.846. The Morgan fingerprint density at radius 1 is 0.842 bits per heavy atom. The van der Waals surface area contributed by atoms with Gasteiger partial charge in [-0.05, 0) is 12.8 Å². The van der Waals surface area contributed by atoms with Crippen LogP contribution in [-0.2, 0) is 19.1 Å². The molecule has 0 aromatic carbocycles. The van der Waals surface area contributed by atoms with Crippen LogP contribution in [0.3, 0.4) is 0 Å². The average Bonchev–Trinajstić information content (AvgIpc) is 2.39. The molecule has 0 aromatic rings. The van der Waals surface area contributed by atoms with Gasteiger partial charge in [0, 0.05) is 5.08 Å². The molecule has 0 atom stereocenters. The van der Waals surface area contributed by atoms with E-state index < -0.39 is 0 Å². The van der Waals surface area contributed by atoms with Crippen molar-refractivity contribution < 1.29 is 19.1 Å². The molecule has 0 fully saturated rings. The van der Waals surface area contributed by atoms with Crippen LogP contribution >= 0.6 is 23.5 Å². The summed E-state index contributed by atoms with van der Waals surface area (Å²) in [5, 5.41) is 0.700. The summed E-state index contributed by atoms with van der Waals surface area (Å²) in [5.41, 5.74) is 0. The lowest BCUT2D eigenvalue weighted by atomic mass is 10.4. The summed E-state index contributed by atoms with van der Waals surface area (Å²) in [4.78, 5) is 22.5. The fourth-order valence-electron chi connectivity index (χ4n) is 1.05. The van der Waals surface area contributed by atoms with E-state index in [1.165, 1.54) is 23.5 Å². The van der Waals surface area contributed by atoms with E-state index in [9.17, 15) is 9.59 Å². The van der Waals surface area contributed by atoms with Crippen molar-refractivity contribution in [3.05, 3.63) is 0 Å². The second kappa shape index (κ2) is 14.1. The zero-order chi connectivity index (χ0) is 14.3. The number of hydrogen-bond acceptors (Lipinski definition) is 6. The molecule has 0 aliphatic rings. The van der Waals surface area contributed by atoms with Gasteiger partial charge in [-0.15, -0.1) is 23.5 Å². The lowest BCUT2D eigenvalue weighted by Gasteiger charge is -2.04. The van der Waals surface area contributed by atoms with Crippen molar-refractivity contribution in [3.8, 4) is 0 Å². The molecule has 0 aliphatic heterocycles. The Morgan fingerprint density at radius 2 is 1.26 bits per heavy atom. The first-order chi connectivity index (χ1) is 9.20. The summed E-state index contributed by atoms with van der Waals surface area (Å²) in [7, 11) is 0. The number of rotatable bonds is 12. The standard InChI is InChI=1S/C13H24O4S2/c1-3-5-7-16-12(14)9-18-11-19-10-13(15)17-8-6-4-2/h3-11H2,1-2H3. The van der Waals surface area contributed by atoms with Crippen molar-refractivity contribution in [1.29, 1.82) is 0 Å². The van der Waals surface area contributed by atoms with Crippen LogP contribution < -0.4 is 0 Å². The van der Waals surface area contributed by atoms with E-state index in [1.54, 1.807) is 0 Å². The minimum atomic E-state index is -0.176. The maximum atomic E-state index is 11.2. The number of ether oxygens (including phenoxy) is 2. The zero-order valence-corrected chi connectivity index (χ0v) is 13.4. The number of hydrogen-bond donors (Lipinski definition) is 0. The molecule has 0 rings (SSSR count). The van der Waals surface area contributed by atoms with E-state index in [0.717, 1.165) is 25.7 Å². The number of carbonyl (C=O) groups is 2. The van der Waals surface area contributed by atoms with Crippen LogP contribution in [0.4, 0.5) is 0 Å². The molecule has 0 bridgehead atoms. The number of thioether (sulfide) groups is 2. The highest BCUT2D eigenvalue weighted by molar-refractivity contribution is 8.16. The highest BCUT2D eigenvalue weighted by atomic mass is 32.2. The van der Waals surface area contributed by atoms with E-state index in [-0.39, 0.29) is 11.9 Å². The minimum Gasteiger partial charge on any atom is -0.465 e. The van der Waals surface area contributed by atoms with E-state index in [0.29, 0.717) is 29.8 Å². The van der Waals surface area contributed by atoms with E-state index in [1.807, 2.05) is 0 Å². The Balaban J connectivity index is 3.29. The fourth-order valence-corrected chi connectivity index (χ4v) is 2.69. The second-order valence-corrected chi connectivity index (χ2v) is 6.30. The molecular formula is C13H24O4S2. The number of esters is 2. The van der Waals surface area contributed by atoms with Crippen LogP contribution in [0.5, 0.6) is 0 Å². The van der Waals surface area contributed by atoms with Crippen molar-refractivity contribution in [3.63, 3.8) is 0 Å². The highest BCUT2D eigenvalue weighted by Crippen LogP contribution is 2.12. The molecule has 0 saturated heterocycles. The number of unbranched alkanes of at least 4 members (excludes halogenated alkanes) is 2. The number of carbonyl (C=O) groups excluding carboxylic acids is 2. The van der Waals surface area contributed by atoms with Crippen LogP contribution in [0.15, 0.2) is 0 Å². The molecule has 0 aromatic heterocycles. The Bertz CT molecular complexity index is 223. The van der Waals surface area contributed by atoms with Crippen LogP contribution in [-0.4, -0.2) is 41.7 Å². The van der Waals surface area contributed by atoms with Crippen LogP contribution in [0.1, 0.15) is 39.5 Å². The van der Waals surface area contributed by atoms with Gasteiger partial charge >= 0.3 is 11.9 Å². The largest absolute Gasteiger partial charge is 0.465 e. The molecule has 0 N–H and O–H groups in total. The van der Waals surface area contributed by atoms with Gasteiger partial charge in [-0.1, -0.05) is 26.7 Å². The SMILES string of the molecule is CCCCOC(=O)CSCSCC(=O)OCCCC. The molecule has 6 heteroatoms. The lowest BCUT2D eigenvalue weighted by molar-refractivity contribution is -0.141. The van der Waals surface area contributed by atoms with Gasteiger partial charge < -0.3 is 9.47 Å². The molecule has 0 amide bonds. The summed E-state index contributed by atoms with van der Waals surface area (Å²) in [6.45, 7) is 5.12. The lowest BCUT2D eigenvalue weighted by Crippen LogP contribution is -2.10. The zero-order valence-electron chi connectivity index (χ0n) is 11.8. The van der Waals surface area contributed by atoms with Crippen molar-refractivity contribution in [1.82, 2.24) is 0 Å². The Kier molecular flexibility index (Phi) is 13.8.